The maximum atomic E-state index is 12.3. The van der Waals surface area contributed by atoms with Crippen LogP contribution in [0.25, 0.3) is 6.08 Å². The van der Waals surface area contributed by atoms with Gasteiger partial charge in [0.15, 0.2) is 5.78 Å². The molecule has 28 heavy (non-hydrogen) atoms. The summed E-state index contributed by atoms with van der Waals surface area (Å²) < 4.78 is 11.5. The fourth-order valence-corrected chi connectivity index (χ4v) is 3.83. The number of hydrogen-bond donors (Lipinski definition) is 0. The lowest BCUT2D eigenvalue weighted by molar-refractivity contribution is 0.105. The second kappa shape index (κ2) is 9.56. The Morgan fingerprint density at radius 3 is 2.61 bits per heavy atom. The lowest BCUT2D eigenvalue weighted by Gasteiger charge is -2.07. The normalized spacial score (nSPS) is 11.4. The van der Waals surface area contributed by atoms with E-state index in [1.165, 1.54) is 10.4 Å². The van der Waals surface area contributed by atoms with E-state index in [4.69, 9.17) is 9.15 Å². The summed E-state index contributed by atoms with van der Waals surface area (Å²) in [4.78, 5) is 14.3. The van der Waals surface area contributed by atoms with Crippen LogP contribution in [0.5, 0.6) is 5.75 Å². The predicted octanol–water partition coefficient (Wildman–Crippen LogP) is 6.89. The Hall–Kier alpha value is -2.59. The zero-order valence-electron chi connectivity index (χ0n) is 16.6. The fourth-order valence-electron chi connectivity index (χ4n) is 2.80. The van der Waals surface area contributed by atoms with Gasteiger partial charge in [-0.05, 0) is 66.5 Å². The van der Waals surface area contributed by atoms with E-state index < -0.39 is 0 Å². The van der Waals surface area contributed by atoms with Gasteiger partial charge in [-0.15, -0.1) is 11.3 Å². The van der Waals surface area contributed by atoms with Crippen molar-refractivity contribution in [1.82, 2.24) is 0 Å². The summed E-state index contributed by atoms with van der Waals surface area (Å²) in [7, 11) is 0. The number of rotatable bonds is 9. The third kappa shape index (κ3) is 5.46. The highest BCUT2D eigenvalue weighted by Gasteiger charge is 2.07. The molecule has 1 aromatic carbocycles. The maximum Gasteiger partial charge on any atom is 0.195 e. The van der Waals surface area contributed by atoms with Crippen LogP contribution in [0.3, 0.4) is 0 Å². The minimum Gasteiger partial charge on any atom is -0.486 e. The number of furan rings is 1. The Kier molecular flexibility index (Phi) is 6.88. The minimum absolute atomic E-state index is 0.00629. The van der Waals surface area contributed by atoms with Crippen LogP contribution in [0.2, 0.25) is 0 Å². The third-order valence-electron chi connectivity index (χ3n) is 4.41. The van der Waals surface area contributed by atoms with Crippen molar-refractivity contribution < 1.29 is 13.9 Å². The van der Waals surface area contributed by atoms with Crippen LogP contribution in [0.1, 0.15) is 64.7 Å². The van der Waals surface area contributed by atoms with Crippen LogP contribution in [-0.2, 0) is 13.0 Å². The molecule has 0 N–H and O–H groups in total. The molecule has 2 heterocycles. The van der Waals surface area contributed by atoms with Crippen LogP contribution in [0.15, 0.2) is 59.0 Å². The summed E-state index contributed by atoms with van der Waals surface area (Å²) in [5.74, 6) is 2.69. The first-order valence-electron chi connectivity index (χ1n) is 9.67. The van der Waals surface area contributed by atoms with Crippen LogP contribution in [-0.4, -0.2) is 5.78 Å². The monoisotopic (exact) mass is 394 g/mol. The third-order valence-corrected chi connectivity index (χ3v) is 5.57. The van der Waals surface area contributed by atoms with Gasteiger partial charge in [0.05, 0.1) is 4.88 Å². The van der Waals surface area contributed by atoms with Crippen LogP contribution >= 0.6 is 11.3 Å². The number of ketones is 1. The lowest BCUT2D eigenvalue weighted by Crippen LogP contribution is -1.94. The number of hydrogen-bond acceptors (Lipinski definition) is 4. The van der Waals surface area contributed by atoms with E-state index in [1.54, 1.807) is 23.5 Å². The number of carbonyl (C=O) groups is 1. The number of allylic oxidation sites excluding steroid dienone is 1. The molecule has 0 saturated heterocycles. The van der Waals surface area contributed by atoms with Crippen molar-refractivity contribution in [3.8, 4) is 5.75 Å². The Balaban J connectivity index is 1.54. The molecule has 0 saturated carbocycles. The Morgan fingerprint density at radius 1 is 1.11 bits per heavy atom. The van der Waals surface area contributed by atoms with E-state index in [1.807, 2.05) is 36.4 Å². The van der Waals surface area contributed by atoms with Crippen LogP contribution in [0, 0.1) is 0 Å². The quantitative estimate of drug-likeness (QED) is 0.293. The van der Waals surface area contributed by atoms with E-state index in [0.29, 0.717) is 18.3 Å². The van der Waals surface area contributed by atoms with Gasteiger partial charge in [0.25, 0.3) is 0 Å². The topological polar surface area (TPSA) is 39.4 Å². The molecule has 0 atom stereocenters. The van der Waals surface area contributed by atoms with Gasteiger partial charge in [-0.3, -0.25) is 4.79 Å². The first kappa shape index (κ1) is 20.2. The molecule has 0 bridgehead atoms. The van der Waals surface area contributed by atoms with Crippen molar-refractivity contribution in [2.75, 3.05) is 0 Å². The summed E-state index contributed by atoms with van der Waals surface area (Å²) in [5.41, 5.74) is 1.29. The molecule has 0 spiro atoms. The number of carbonyl (C=O) groups excluding carboxylic acids is 1. The summed E-state index contributed by atoms with van der Waals surface area (Å²) in [6.07, 6.45) is 5.38. The van der Waals surface area contributed by atoms with Gasteiger partial charge in [-0.25, -0.2) is 0 Å². The molecule has 0 aliphatic rings. The maximum absolute atomic E-state index is 12.3. The number of thiophene rings is 1. The zero-order chi connectivity index (χ0) is 19.9. The SMILES string of the molecule is CCCc1ccc(C(=O)/C=C/c2ccc(COc3ccc(C(C)C)cc3)o2)s1. The summed E-state index contributed by atoms with van der Waals surface area (Å²) in [6, 6.07) is 15.8. The molecule has 3 nitrogen and oxygen atoms in total. The molecule has 0 aliphatic heterocycles. The Labute approximate surface area is 170 Å². The molecule has 3 rings (SSSR count). The van der Waals surface area contributed by atoms with Gasteiger partial charge < -0.3 is 9.15 Å². The molecule has 2 aromatic heterocycles. The van der Waals surface area contributed by atoms with Gasteiger partial charge in [-0.1, -0.05) is 39.3 Å². The molecule has 0 fully saturated rings. The van der Waals surface area contributed by atoms with Crippen molar-refractivity contribution in [1.29, 1.82) is 0 Å². The highest BCUT2D eigenvalue weighted by Crippen LogP contribution is 2.21. The molecule has 146 valence electrons. The molecule has 3 aromatic rings. The van der Waals surface area contributed by atoms with Crippen LogP contribution in [0.4, 0.5) is 0 Å². The highest BCUT2D eigenvalue weighted by atomic mass is 32.1. The average molecular weight is 395 g/mol. The Bertz CT molecular complexity index is 929. The van der Waals surface area contributed by atoms with E-state index in [2.05, 4.69) is 32.9 Å². The van der Waals surface area contributed by atoms with E-state index in [-0.39, 0.29) is 5.78 Å². The van der Waals surface area contributed by atoms with Crippen molar-refractivity contribution in [3.63, 3.8) is 0 Å². The molecule has 0 radical (unpaired) electrons. The van der Waals surface area contributed by atoms with Crippen molar-refractivity contribution in [2.24, 2.45) is 0 Å². The first-order valence-corrected chi connectivity index (χ1v) is 10.5. The van der Waals surface area contributed by atoms with Gasteiger partial charge >= 0.3 is 0 Å². The summed E-state index contributed by atoms with van der Waals surface area (Å²) in [6.45, 7) is 6.83. The summed E-state index contributed by atoms with van der Waals surface area (Å²) >= 11 is 1.56. The molecule has 4 heteroatoms. The first-order chi connectivity index (χ1) is 13.5. The van der Waals surface area contributed by atoms with Crippen molar-refractivity contribution >= 4 is 23.2 Å². The predicted molar refractivity (Wildman–Crippen MR) is 115 cm³/mol. The smallest absolute Gasteiger partial charge is 0.195 e. The number of benzene rings is 1. The largest absolute Gasteiger partial charge is 0.486 e. The lowest BCUT2D eigenvalue weighted by atomic mass is 10.0. The highest BCUT2D eigenvalue weighted by molar-refractivity contribution is 7.14. The van der Waals surface area contributed by atoms with Gasteiger partial charge in [-0.2, -0.15) is 0 Å². The van der Waals surface area contributed by atoms with Gasteiger partial charge in [0.1, 0.15) is 23.9 Å². The second-order valence-corrected chi connectivity index (χ2v) is 8.20. The fraction of sp³-hybridized carbons (Fsp3) is 0.292. The van der Waals surface area contributed by atoms with E-state index in [0.717, 1.165) is 29.2 Å². The van der Waals surface area contributed by atoms with Crippen LogP contribution < -0.4 is 4.74 Å². The van der Waals surface area contributed by atoms with E-state index in [9.17, 15) is 4.79 Å². The molecule has 0 aliphatic carbocycles. The van der Waals surface area contributed by atoms with Gasteiger partial charge in [0, 0.05) is 4.88 Å². The molecule has 0 unspecified atom stereocenters. The standard InChI is InChI=1S/C24H26O3S/c1-4-5-22-13-15-24(28-22)23(25)14-12-20-10-11-21(27-20)16-26-19-8-6-18(7-9-19)17(2)3/h6-15,17H,4-5,16H2,1-3H3/b14-12+. The summed E-state index contributed by atoms with van der Waals surface area (Å²) in [5, 5.41) is 0. The van der Waals surface area contributed by atoms with Crippen molar-refractivity contribution in [2.45, 2.75) is 46.1 Å². The molecular formula is C24H26O3S. The second-order valence-electron chi connectivity index (χ2n) is 7.03. The minimum atomic E-state index is 0.00629. The van der Waals surface area contributed by atoms with E-state index >= 15 is 0 Å². The molecule has 0 amide bonds. The number of aryl methyl sites for hydroxylation is 1. The average Bonchev–Trinajstić information content (AvgIpc) is 3.35. The van der Waals surface area contributed by atoms with Crippen molar-refractivity contribution in [3.05, 3.63) is 81.4 Å². The Morgan fingerprint density at radius 2 is 1.89 bits per heavy atom. The molecular weight excluding hydrogens is 368 g/mol. The zero-order valence-corrected chi connectivity index (χ0v) is 17.4. The van der Waals surface area contributed by atoms with Gasteiger partial charge in [0.2, 0.25) is 0 Å². The number of ether oxygens (including phenoxy) is 1.